The van der Waals surface area contributed by atoms with Crippen LogP contribution in [0, 0.1) is 0 Å². The summed E-state index contributed by atoms with van der Waals surface area (Å²) in [5.41, 5.74) is 4.40. The molecule has 160 valence electrons. The van der Waals surface area contributed by atoms with Crippen LogP contribution >= 0.6 is 11.6 Å². The fourth-order valence-electron chi connectivity index (χ4n) is 3.62. The van der Waals surface area contributed by atoms with Gasteiger partial charge >= 0.3 is 0 Å². The van der Waals surface area contributed by atoms with Crippen molar-refractivity contribution in [3.63, 3.8) is 0 Å². The van der Waals surface area contributed by atoms with Gasteiger partial charge in [0.1, 0.15) is 12.0 Å². The molecule has 7 nitrogen and oxygen atoms in total. The van der Waals surface area contributed by atoms with E-state index in [2.05, 4.69) is 30.0 Å². The number of hydrogen-bond donors (Lipinski definition) is 1. The van der Waals surface area contributed by atoms with E-state index in [1.54, 1.807) is 24.8 Å². The zero-order valence-corrected chi connectivity index (χ0v) is 18.3. The number of anilines is 1. The molecule has 1 N–H and O–H groups in total. The zero-order valence-electron chi connectivity index (χ0n) is 17.5. The third kappa shape index (κ3) is 4.11. The van der Waals surface area contributed by atoms with Crippen molar-refractivity contribution in [2.75, 3.05) is 5.32 Å². The Kier molecular flexibility index (Phi) is 5.41. The van der Waals surface area contributed by atoms with Gasteiger partial charge in [0, 0.05) is 35.2 Å². The molecular formula is C24H21ClN6O. The lowest BCUT2D eigenvalue weighted by Gasteiger charge is -2.09. The highest BCUT2D eigenvalue weighted by molar-refractivity contribution is 6.31. The monoisotopic (exact) mass is 444 g/mol. The number of amides is 1. The Balaban J connectivity index is 1.37. The molecule has 1 fully saturated rings. The molecule has 3 aromatic heterocycles. The average Bonchev–Trinajstić information content (AvgIpc) is 3.55. The fourth-order valence-corrected chi connectivity index (χ4v) is 3.92. The van der Waals surface area contributed by atoms with Crippen molar-refractivity contribution >= 4 is 23.2 Å². The molecule has 0 spiro atoms. The molecule has 1 aromatic carbocycles. The summed E-state index contributed by atoms with van der Waals surface area (Å²) < 4.78 is 2.09. The molecule has 1 aliphatic carbocycles. The maximum absolute atomic E-state index is 12.9. The maximum Gasteiger partial charge on any atom is 0.274 e. The summed E-state index contributed by atoms with van der Waals surface area (Å²) in [5.74, 6) is 0.514. The predicted molar refractivity (Wildman–Crippen MR) is 124 cm³/mol. The van der Waals surface area contributed by atoms with Crippen LogP contribution in [0.3, 0.4) is 0 Å². The fraction of sp³-hybridized carbons (Fsp3) is 0.208. The minimum atomic E-state index is -0.295. The van der Waals surface area contributed by atoms with Gasteiger partial charge in [-0.25, -0.2) is 0 Å². The number of pyridine rings is 2. The van der Waals surface area contributed by atoms with Gasteiger partial charge in [-0.15, -0.1) is 10.2 Å². The lowest BCUT2D eigenvalue weighted by molar-refractivity contribution is 0.102. The lowest BCUT2D eigenvalue weighted by atomic mass is 10.1. The molecule has 5 rings (SSSR count). The summed E-state index contributed by atoms with van der Waals surface area (Å²) in [5, 5.41) is 11.9. The van der Waals surface area contributed by atoms with Crippen LogP contribution in [-0.4, -0.2) is 30.6 Å². The topological polar surface area (TPSA) is 85.6 Å². The Morgan fingerprint density at radius 2 is 2.00 bits per heavy atom. The van der Waals surface area contributed by atoms with Crippen molar-refractivity contribution < 1.29 is 4.79 Å². The molecule has 0 radical (unpaired) electrons. The highest BCUT2D eigenvalue weighted by Crippen LogP contribution is 2.37. The summed E-state index contributed by atoms with van der Waals surface area (Å²) in [7, 11) is 0. The molecule has 4 aromatic rings. The van der Waals surface area contributed by atoms with Crippen LogP contribution in [0.2, 0.25) is 5.02 Å². The highest BCUT2D eigenvalue weighted by Gasteiger charge is 2.26. The van der Waals surface area contributed by atoms with E-state index in [-0.39, 0.29) is 5.91 Å². The van der Waals surface area contributed by atoms with E-state index in [1.807, 2.05) is 43.3 Å². The van der Waals surface area contributed by atoms with Crippen molar-refractivity contribution in [2.45, 2.75) is 32.2 Å². The molecule has 1 aliphatic rings. The van der Waals surface area contributed by atoms with Gasteiger partial charge in [-0.3, -0.25) is 14.8 Å². The third-order valence-electron chi connectivity index (χ3n) is 5.47. The van der Waals surface area contributed by atoms with Gasteiger partial charge in [0.15, 0.2) is 5.82 Å². The molecule has 1 amide bonds. The highest BCUT2D eigenvalue weighted by atomic mass is 35.5. The van der Waals surface area contributed by atoms with Gasteiger partial charge in [-0.05, 0) is 55.2 Å². The second kappa shape index (κ2) is 8.51. The number of carbonyl (C=O) groups excluding carboxylic acids is 1. The normalized spacial score (nSPS) is 13.2. The van der Waals surface area contributed by atoms with E-state index in [0.29, 0.717) is 22.4 Å². The first kappa shape index (κ1) is 20.3. The van der Waals surface area contributed by atoms with Gasteiger partial charge < -0.3 is 9.88 Å². The van der Waals surface area contributed by atoms with E-state index in [9.17, 15) is 4.79 Å². The zero-order chi connectivity index (χ0) is 22.1. The molecule has 0 bridgehead atoms. The molecule has 8 heteroatoms. The third-order valence-corrected chi connectivity index (χ3v) is 5.80. The molecular weight excluding hydrogens is 424 g/mol. The van der Waals surface area contributed by atoms with E-state index in [1.165, 1.54) is 0 Å². The Morgan fingerprint density at radius 3 is 2.78 bits per heavy atom. The van der Waals surface area contributed by atoms with Crippen LogP contribution in [0.4, 0.5) is 5.69 Å². The summed E-state index contributed by atoms with van der Waals surface area (Å²) >= 11 is 6.31. The smallest absolute Gasteiger partial charge is 0.274 e. The molecule has 0 atom stereocenters. The SMILES string of the molecule is CCc1ncc(-c2ccnc(C(=O)Nc3cccc(-c4nncn4C4CC4)c3)c2)cc1Cl. The maximum atomic E-state index is 12.9. The van der Waals surface area contributed by atoms with Crippen molar-refractivity contribution in [3.05, 3.63) is 77.6 Å². The molecule has 32 heavy (non-hydrogen) atoms. The van der Waals surface area contributed by atoms with Crippen molar-refractivity contribution in [3.8, 4) is 22.5 Å². The standard InChI is InChI=1S/C24H21ClN6O/c1-2-21-20(25)11-17(13-27-21)15-8-9-26-22(12-15)24(32)29-18-5-3-4-16(10-18)23-30-28-14-31(23)19-6-7-19/h3-5,8-14,19H,2,6-7H2,1H3,(H,29,32). The average molecular weight is 445 g/mol. The molecule has 0 unspecified atom stereocenters. The summed E-state index contributed by atoms with van der Waals surface area (Å²) in [6, 6.07) is 13.5. The summed E-state index contributed by atoms with van der Waals surface area (Å²) in [4.78, 5) is 21.5. The van der Waals surface area contributed by atoms with Crippen LogP contribution in [0.1, 0.15) is 42.0 Å². The van der Waals surface area contributed by atoms with Crippen molar-refractivity contribution in [2.24, 2.45) is 0 Å². The van der Waals surface area contributed by atoms with Crippen LogP contribution in [0.25, 0.3) is 22.5 Å². The van der Waals surface area contributed by atoms with Crippen LogP contribution in [0.5, 0.6) is 0 Å². The van der Waals surface area contributed by atoms with Gasteiger partial charge in [-0.1, -0.05) is 30.7 Å². The predicted octanol–water partition coefficient (Wildman–Crippen LogP) is 5.21. The van der Waals surface area contributed by atoms with Gasteiger partial charge in [-0.2, -0.15) is 0 Å². The number of benzene rings is 1. The first-order chi connectivity index (χ1) is 15.6. The Bertz CT molecular complexity index is 1300. The largest absolute Gasteiger partial charge is 0.321 e. The van der Waals surface area contributed by atoms with Gasteiger partial charge in [0.2, 0.25) is 0 Å². The minimum absolute atomic E-state index is 0.295. The molecule has 0 aliphatic heterocycles. The van der Waals surface area contributed by atoms with Crippen molar-refractivity contribution in [1.29, 1.82) is 0 Å². The second-order valence-corrected chi connectivity index (χ2v) is 8.17. The molecule has 1 saturated carbocycles. The Morgan fingerprint density at radius 1 is 1.12 bits per heavy atom. The Labute approximate surface area is 190 Å². The van der Waals surface area contributed by atoms with Gasteiger partial charge in [0.05, 0.1) is 10.7 Å². The first-order valence-electron chi connectivity index (χ1n) is 10.5. The first-order valence-corrected chi connectivity index (χ1v) is 10.9. The van der Waals surface area contributed by atoms with E-state index >= 15 is 0 Å². The number of rotatable bonds is 6. The lowest BCUT2D eigenvalue weighted by Crippen LogP contribution is -2.13. The van der Waals surface area contributed by atoms with Crippen molar-refractivity contribution in [1.82, 2.24) is 24.7 Å². The number of carbonyl (C=O) groups is 1. The quantitative estimate of drug-likeness (QED) is 0.441. The Hall–Kier alpha value is -3.58. The number of halogens is 1. The summed E-state index contributed by atoms with van der Waals surface area (Å²) in [6.07, 6.45) is 8.19. The number of hydrogen-bond acceptors (Lipinski definition) is 5. The number of aryl methyl sites for hydroxylation is 1. The van der Waals surface area contributed by atoms with E-state index in [4.69, 9.17) is 11.6 Å². The molecule has 0 saturated heterocycles. The van der Waals surface area contributed by atoms with E-state index < -0.39 is 0 Å². The van der Waals surface area contributed by atoms with Crippen LogP contribution in [0.15, 0.2) is 61.2 Å². The number of nitrogens with one attached hydrogen (secondary N) is 1. The second-order valence-electron chi connectivity index (χ2n) is 7.76. The van der Waals surface area contributed by atoms with Crippen LogP contribution in [-0.2, 0) is 6.42 Å². The number of nitrogens with zero attached hydrogens (tertiary/aromatic N) is 5. The minimum Gasteiger partial charge on any atom is -0.321 e. The summed E-state index contributed by atoms with van der Waals surface area (Å²) in [6.45, 7) is 2.01. The van der Waals surface area contributed by atoms with Crippen LogP contribution < -0.4 is 5.32 Å². The van der Waals surface area contributed by atoms with E-state index in [0.717, 1.165) is 47.5 Å². The molecule has 3 heterocycles. The van der Waals surface area contributed by atoms with Gasteiger partial charge in [0.25, 0.3) is 5.91 Å². The number of aromatic nitrogens is 5.